The summed E-state index contributed by atoms with van der Waals surface area (Å²) in [6.07, 6.45) is 1.83. The number of aliphatic hydroxyl groups is 1. The van der Waals surface area contributed by atoms with Gasteiger partial charge in [0.05, 0.1) is 26.4 Å². The molecular formula is C17H28O6. The standard InChI is InChI=1S/C10H14O3.C7H14O3/c11-6-7-12-8-9-13-10-4-2-1-3-5-10;1-7(8)10-6-4-3-5-9-2/h1-5,11H,6-9H2;3-6H2,1-2H3. The minimum Gasteiger partial charge on any atom is -0.491 e. The Balaban J connectivity index is 0.000000438. The molecule has 0 unspecified atom stereocenters. The molecule has 0 saturated heterocycles. The second kappa shape index (κ2) is 16.7. The Hall–Kier alpha value is -1.63. The van der Waals surface area contributed by atoms with E-state index in [1.165, 1.54) is 6.92 Å². The van der Waals surface area contributed by atoms with Crippen molar-refractivity contribution in [2.75, 3.05) is 46.8 Å². The van der Waals surface area contributed by atoms with E-state index >= 15 is 0 Å². The van der Waals surface area contributed by atoms with E-state index in [1.807, 2.05) is 30.3 Å². The number of carbonyl (C=O) groups is 1. The van der Waals surface area contributed by atoms with Crippen LogP contribution in [0.2, 0.25) is 0 Å². The maximum atomic E-state index is 10.2. The van der Waals surface area contributed by atoms with Crippen LogP contribution in [0.15, 0.2) is 30.3 Å². The van der Waals surface area contributed by atoms with Crippen molar-refractivity contribution in [2.45, 2.75) is 19.8 Å². The smallest absolute Gasteiger partial charge is 0.302 e. The van der Waals surface area contributed by atoms with Crippen LogP contribution in [0.4, 0.5) is 0 Å². The molecule has 0 spiro atoms. The van der Waals surface area contributed by atoms with Crippen LogP contribution in [0.25, 0.3) is 0 Å². The third-order valence-corrected chi connectivity index (χ3v) is 2.52. The van der Waals surface area contributed by atoms with E-state index in [0.717, 1.165) is 25.2 Å². The van der Waals surface area contributed by atoms with Crippen LogP contribution >= 0.6 is 0 Å². The fourth-order valence-electron chi connectivity index (χ4n) is 1.47. The van der Waals surface area contributed by atoms with E-state index in [1.54, 1.807) is 7.11 Å². The minimum atomic E-state index is -0.211. The molecule has 23 heavy (non-hydrogen) atoms. The van der Waals surface area contributed by atoms with Gasteiger partial charge < -0.3 is 24.1 Å². The summed E-state index contributed by atoms with van der Waals surface area (Å²) in [6.45, 7) is 4.12. The summed E-state index contributed by atoms with van der Waals surface area (Å²) in [5.41, 5.74) is 0. The molecular weight excluding hydrogens is 300 g/mol. The van der Waals surface area contributed by atoms with Gasteiger partial charge in [-0.3, -0.25) is 4.79 Å². The molecule has 0 saturated carbocycles. The van der Waals surface area contributed by atoms with E-state index < -0.39 is 0 Å². The van der Waals surface area contributed by atoms with Gasteiger partial charge in [0.25, 0.3) is 0 Å². The van der Waals surface area contributed by atoms with Crippen molar-refractivity contribution in [2.24, 2.45) is 0 Å². The van der Waals surface area contributed by atoms with Crippen LogP contribution in [0.1, 0.15) is 19.8 Å². The van der Waals surface area contributed by atoms with Gasteiger partial charge in [-0.1, -0.05) is 18.2 Å². The molecule has 1 N–H and O–H groups in total. The number of unbranched alkanes of at least 4 members (excludes halogenated alkanes) is 1. The Morgan fingerprint density at radius 1 is 1.00 bits per heavy atom. The Bertz CT molecular complexity index is 369. The molecule has 0 aromatic heterocycles. The van der Waals surface area contributed by atoms with Crippen LogP contribution in [0.5, 0.6) is 5.75 Å². The summed E-state index contributed by atoms with van der Waals surface area (Å²) in [6, 6.07) is 9.57. The number of aliphatic hydroxyl groups excluding tert-OH is 1. The summed E-state index contributed by atoms with van der Waals surface area (Å²) in [5.74, 6) is 0.632. The minimum absolute atomic E-state index is 0.0609. The van der Waals surface area contributed by atoms with Gasteiger partial charge in [-0.15, -0.1) is 0 Å². The lowest BCUT2D eigenvalue weighted by Gasteiger charge is -2.05. The molecule has 6 nitrogen and oxygen atoms in total. The lowest BCUT2D eigenvalue weighted by molar-refractivity contribution is -0.141. The van der Waals surface area contributed by atoms with E-state index in [-0.39, 0.29) is 12.6 Å². The summed E-state index contributed by atoms with van der Waals surface area (Å²) in [7, 11) is 1.66. The van der Waals surface area contributed by atoms with Crippen LogP contribution < -0.4 is 4.74 Å². The van der Waals surface area contributed by atoms with Crippen LogP contribution in [-0.2, 0) is 19.0 Å². The number of hydrogen-bond donors (Lipinski definition) is 1. The first-order valence-corrected chi connectivity index (χ1v) is 7.69. The zero-order chi connectivity index (χ0) is 17.2. The van der Waals surface area contributed by atoms with Crippen LogP contribution in [-0.4, -0.2) is 57.8 Å². The Kier molecular flexibility index (Phi) is 15.5. The first-order valence-electron chi connectivity index (χ1n) is 7.69. The second-order valence-corrected chi connectivity index (χ2v) is 4.54. The number of carbonyl (C=O) groups excluding carboxylic acids is 1. The number of esters is 1. The number of ether oxygens (including phenoxy) is 4. The first-order chi connectivity index (χ1) is 11.2. The normalized spacial score (nSPS) is 9.70. The highest BCUT2D eigenvalue weighted by atomic mass is 16.5. The average Bonchev–Trinajstić information content (AvgIpc) is 2.56. The van der Waals surface area contributed by atoms with Crippen molar-refractivity contribution >= 4 is 5.97 Å². The molecule has 0 fully saturated rings. The number of rotatable bonds is 11. The Labute approximate surface area is 138 Å². The number of benzene rings is 1. The van der Waals surface area contributed by atoms with Gasteiger partial charge in [0.2, 0.25) is 0 Å². The largest absolute Gasteiger partial charge is 0.491 e. The molecule has 0 aliphatic heterocycles. The van der Waals surface area contributed by atoms with Crippen LogP contribution in [0, 0.1) is 0 Å². The van der Waals surface area contributed by atoms with E-state index in [9.17, 15) is 4.79 Å². The maximum Gasteiger partial charge on any atom is 0.302 e. The number of para-hydroxylation sites is 1. The lowest BCUT2D eigenvalue weighted by Crippen LogP contribution is -2.08. The zero-order valence-electron chi connectivity index (χ0n) is 14.0. The molecule has 0 atom stereocenters. The molecule has 1 aromatic rings. The second-order valence-electron chi connectivity index (χ2n) is 4.54. The Morgan fingerprint density at radius 3 is 2.30 bits per heavy atom. The van der Waals surface area contributed by atoms with Crippen molar-refractivity contribution < 1.29 is 28.8 Å². The number of hydrogen-bond acceptors (Lipinski definition) is 6. The SMILES string of the molecule is COCCCCOC(C)=O.OCCOCCOc1ccccc1. The summed E-state index contributed by atoms with van der Waals surface area (Å²) in [4.78, 5) is 10.2. The van der Waals surface area contributed by atoms with Crippen molar-refractivity contribution in [3.63, 3.8) is 0 Å². The molecule has 0 aliphatic carbocycles. The maximum absolute atomic E-state index is 10.2. The van der Waals surface area contributed by atoms with Crippen molar-refractivity contribution in [3.8, 4) is 5.75 Å². The highest BCUT2D eigenvalue weighted by Gasteiger charge is 1.92. The average molecular weight is 328 g/mol. The Morgan fingerprint density at radius 2 is 1.70 bits per heavy atom. The first kappa shape index (κ1) is 21.4. The van der Waals surface area contributed by atoms with E-state index in [0.29, 0.717) is 26.4 Å². The third kappa shape index (κ3) is 16.6. The molecule has 0 bridgehead atoms. The molecule has 132 valence electrons. The van der Waals surface area contributed by atoms with Crippen molar-refractivity contribution in [1.82, 2.24) is 0 Å². The number of methoxy groups -OCH3 is 1. The summed E-state index contributed by atoms with van der Waals surface area (Å²) in [5, 5.41) is 8.42. The van der Waals surface area contributed by atoms with E-state index in [4.69, 9.17) is 24.1 Å². The molecule has 1 rings (SSSR count). The predicted octanol–water partition coefficient (Wildman–Crippen LogP) is 2.05. The van der Waals surface area contributed by atoms with Gasteiger partial charge in [0, 0.05) is 20.6 Å². The highest BCUT2D eigenvalue weighted by Crippen LogP contribution is 2.07. The van der Waals surface area contributed by atoms with Gasteiger partial charge in [-0.05, 0) is 25.0 Å². The molecule has 0 aliphatic rings. The summed E-state index contributed by atoms with van der Waals surface area (Å²) >= 11 is 0. The lowest BCUT2D eigenvalue weighted by atomic mass is 10.3. The van der Waals surface area contributed by atoms with Crippen LogP contribution in [0.3, 0.4) is 0 Å². The van der Waals surface area contributed by atoms with Crippen molar-refractivity contribution in [3.05, 3.63) is 30.3 Å². The monoisotopic (exact) mass is 328 g/mol. The fraction of sp³-hybridized carbons (Fsp3) is 0.588. The van der Waals surface area contributed by atoms with Gasteiger partial charge in [-0.2, -0.15) is 0 Å². The van der Waals surface area contributed by atoms with Crippen molar-refractivity contribution in [1.29, 1.82) is 0 Å². The molecule has 0 radical (unpaired) electrons. The predicted molar refractivity (Wildman–Crippen MR) is 87.6 cm³/mol. The quantitative estimate of drug-likeness (QED) is 0.495. The zero-order valence-corrected chi connectivity index (χ0v) is 14.0. The highest BCUT2D eigenvalue weighted by molar-refractivity contribution is 5.65. The third-order valence-electron chi connectivity index (χ3n) is 2.52. The van der Waals surface area contributed by atoms with Gasteiger partial charge in [-0.25, -0.2) is 0 Å². The molecule has 6 heteroatoms. The molecule has 0 amide bonds. The molecule has 1 aromatic carbocycles. The van der Waals surface area contributed by atoms with Gasteiger partial charge >= 0.3 is 5.97 Å². The van der Waals surface area contributed by atoms with Gasteiger partial charge in [0.15, 0.2) is 0 Å². The fourth-order valence-corrected chi connectivity index (χ4v) is 1.47. The van der Waals surface area contributed by atoms with Gasteiger partial charge in [0.1, 0.15) is 12.4 Å². The summed E-state index contributed by atoms with van der Waals surface area (Å²) < 4.78 is 19.9. The van der Waals surface area contributed by atoms with E-state index in [2.05, 4.69) is 0 Å². The molecule has 0 heterocycles. The topological polar surface area (TPSA) is 74.2 Å².